The van der Waals surface area contributed by atoms with Gasteiger partial charge in [0, 0.05) is 6.42 Å². The van der Waals surface area contributed by atoms with Gasteiger partial charge in [0.05, 0.1) is 17.6 Å². The molecular formula is C13H12N6S2. The molecule has 0 radical (unpaired) electrons. The Morgan fingerprint density at radius 3 is 2.95 bits per heavy atom. The highest BCUT2D eigenvalue weighted by Crippen LogP contribution is 2.18. The first-order valence-corrected chi connectivity index (χ1v) is 7.86. The van der Waals surface area contributed by atoms with Crippen molar-refractivity contribution >= 4 is 39.5 Å². The molecule has 4 aromatic rings. The molecule has 0 aliphatic heterocycles. The van der Waals surface area contributed by atoms with Crippen molar-refractivity contribution in [2.75, 3.05) is 0 Å². The zero-order valence-electron chi connectivity index (χ0n) is 11.3. The Kier molecular flexibility index (Phi) is 2.86. The molecule has 21 heavy (non-hydrogen) atoms. The summed E-state index contributed by atoms with van der Waals surface area (Å²) in [5, 5.41) is 11.5. The van der Waals surface area contributed by atoms with Crippen molar-refractivity contribution in [3.8, 4) is 0 Å². The van der Waals surface area contributed by atoms with Crippen LogP contribution < -0.4 is 0 Å². The Morgan fingerprint density at radius 1 is 1.24 bits per heavy atom. The maximum absolute atomic E-state index is 5.16. The van der Waals surface area contributed by atoms with E-state index in [0.717, 1.165) is 34.1 Å². The number of aromatic amines is 1. The van der Waals surface area contributed by atoms with Gasteiger partial charge in [-0.15, -0.1) is 10.2 Å². The number of nitrogens with one attached hydrogen (secondary N) is 1. The number of aromatic nitrogens is 6. The van der Waals surface area contributed by atoms with E-state index in [1.165, 1.54) is 11.3 Å². The van der Waals surface area contributed by atoms with Crippen LogP contribution in [0, 0.1) is 3.95 Å². The van der Waals surface area contributed by atoms with Crippen molar-refractivity contribution < 1.29 is 0 Å². The molecule has 0 atom stereocenters. The third kappa shape index (κ3) is 1.98. The van der Waals surface area contributed by atoms with Gasteiger partial charge in [-0.05, 0) is 24.4 Å². The lowest BCUT2D eigenvalue weighted by molar-refractivity contribution is 0.689. The van der Waals surface area contributed by atoms with Gasteiger partial charge in [-0.3, -0.25) is 5.10 Å². The lowest BCUT2D eigenvalue weighted by atomic mass is 10.3. The molecule has 6 nitrogen and oxygen atoms in total. The molecule has 0 saturated carbocycles. The highest BCUT2D eigenvalue weighted by Gasteiger charge is 2.13. The molecule has 1 aromatic carbocycles. The predicted octanol–water partition coefficient (Wildman–Crippen LogP) is 2.81. The number of nitrogens with zero attached hydrogens (tertiary/aromatic N) is 5. The van der Waals surface area contributed by atoms with Crippen LogP contribution in [0.2, 0.25) is 0 Å². The summed E-state index contributed by atoms with van der Waals surface area (Å²) < 4.78 is 4.73. The largest absolute Gasteiger partial charge is 0.320 e. The molecule has 3 aromatic heterocycles. The van der Waals surface area contributed by atoms with E-state index >= 15 is 0 Å². The molecule has 0 aliphatic rings. The third-order valence-electron chi connectivity index (χ3n) is 3.44. The molecule has 0 fully saturated rings. The van der Waals surface area contributed by atoms with Gasteiger partial charge in [0.15, 0.2) is 9.78 Å². The molecule has 0 bridgehead atoms. The normalized spacial score (nSPS) is 11.7. The lowest BCUT2D eigenvalue weighted by Gasteiger charge is -2.05. The van der Waals surface area contributed by atoms with Gasteiger partial charge in [0.1, 0.15) is 5.82 Å². The van der Waals surface area contributed by atoms with E-state index in [4.69, 9.17) is 12.2 Å². The van der Waals surface area contributed by atoms with Crippen LogP contribution in [-0.4, -0.2) is 29.4 Å². The Hall–Kier alpha value is -2.06. The summed E-state index contributed by atoms with van der Waals surface area (Å²) in [4.78, 5) is 5.46. The molecule has 8 heteroatoms. The smallest absolute Gasteiger partial charge is 0.233 e. The first-order chi connectivity index (χ1) is 10.3. The number of hydrogen-bond donors (Lipinski definition) is 1. The summed E-state index contributed by atoms with van der Waals surface area (Å²) in [7, 11) is 0. The molecule has 0 spiro atoms. The molecular weight excluding hydrogens is 304 g/mol. The van der Waals surface area contributed by atoms with Crippen LogP contribution in [0.25, 0.3) is 16.0 Å². The van der Waals surface area contributed by atoms with Gasteiger partial charge >= 0.3 is 0 Å². The zero-order chi connectivity index (χ0) is 14.4. The van der Waals surface area contributed by atoms with E-state index in [-0.39, 0.29) is 0 Å². The number of para-hydroxylation sites is 2. The number of rotatable bonds is 3. The summed E-state index contributed by atoms with van der Waals surface area (Å²) >= 11 is 6.58. The lowest BCUT2D eigenvalue weighted by Crippen LogP contribution is -2.08. The maximum atomic E-state index is 5.16. The molecule has 3 heterocycles. The number of H-pyrrole nitrogens is 1. The van der Waals surface area contributed by atoms with Crippen LogP contribution in [0.3, 0.4) is 0 Å². The minimum atomic E-state index is 0.618. The number of aryl methyl sites for hydroxylation is 1. The van der Waals surface area contributed by atoms with Crippen molar-refractivity contribution in [2.45, 2.75) is 19.9 Å². The average molecular weight is 316 g/mol. The van der Waals surface area contributed by atoms with Crippen LogP contribution >= 0.6 is 23.6 Å². The molecule has 0 saturated heterocycles. The Labute approximate surface area is 129 Å². The number of fused-ring (bicyclic) bond motifs is 2. The van der Waals surface area contributed by atoms with Gasteiger partial charge in [-0.2, -0.15) is 0 Å². The SMILES string of the molecule is CCc1nc2ccccc2n1Cc1nnc2sc(=S)[nH]n12. The Bertz CT molecular complexity index is 989. The van der Waals surface area contributed by atoms with Gasteiger partial charge in [0.25, 0.3) is 0 Å². The van der Waals surface area contributed by atoms with Gasteiger partial charge in [-0.25, -0.2) is 9.50 Å². The van der Waals surface area contributed by atoms with Crippen LogP contribution in [0.4, 0.5) is 0 Å². The average Bonchev–Trinajstić information content (AvgIpc) is 3.13. The quantitative estimate of drug-likeness (QED) is 0.590. The second-order valence-corrected chi connectivity index (χ2v) is 6.34. The summed E-state index contributed by atoms with van der Waals surface area (Å²) in [6.07, 6.45) is 0.871. The van der Waals surface area contributed by atoms with E-state index in [9.17, 15) is 0 Å². The monoisotopic (exact) mass is 316 g/mol. The van der Waals surface area contributed by atoms with Crippen LogP contribution in [0.1, 0.15) is 18.6 Å². The van der Waals surface area contributed by atoms with E-state index < -0.39 is 0 Å². The number of benzene rings is 1. The van der Waals surface area contributed by atoms with Crippen LogP contribution in [0.15, 0.2) is 24.3 Å². The molecule has 0 amide bonds. The van der Waals surface area contributed by atoms with Gasteiger partial charge in [0.2, 0.25) is 4.96 Å². The summed E-state index contributed by atoms with van der Waals surface area (Å²) in [5.74, 6) is 1.87. The molecule has 0 unspecified atom stereocenters. The van der Waals surface area contributed by atoms with Crippen molar-refractivity contribution in [3.05, 3.63) is 39.9 Å². The Balaban J connectivity index is 1.88. The van der Waals surface area contributed by atoms with Crippen molar-refractivity contribution in [1.82, 2.24) is 29.4 Å². The first-order valence-electron chi connectivity index (χ1n) is 6.63. The van der Waals surface area contributed by atoms with Crippen molar-refractivity contribution in [2.24, 2.45) is 0 Å². The zero-order valence-corrected chi connectivity index (χ0v) is 12.9. The number of hydrogen-bond acceptors (Lipinski definition) is 5. The highest BCUT2D eigenvalue weighted by atomic mass is 32.1. The Morgan fingerprint density at radius 2 is 2.10 bits per heavy atom. The maximum Gasteiger partial charge on any atom is 0.233 e. The highest BCUT2D eigenvalue weighted by molar-refractivity contribution is 7.73. The van der Waals surface area contributed by atoms with Crippen molar-refractivity contribution in [3.63, 3.8) is 0 Å². The van der Waals surface area contributed by atoms with Gasteiger partial charge in [-0.1, -0.05) is 30.4 Å². The third-order valence-corrected chi connectivity index (χ3v) is 4.50. The van der Waals surface area contributed by atoms with Crippen molar-refractivity contribution in [1.29, 1.82) is 0 Å². The fourth-order valence-corrected chi connectivity index (χ4v) is 3.43. The van der Waals surface area contributed by atoms with Crippen LogP contribution in [-0.2, 0) is 13.0 Å². The fourth-order valence-electron chi connectivity index (χ4n) is 2.49. The van der Waals surface area contributed by atoms with E-state index in [0.29, 0.717) is 10.5 Å². The minimum Gasteiger partial charge on any atom is -0.320 e. The second-order valence-electron chi connectivity index (χ2n) is 4.69. The van der Waals surface area contributed by atoms with E-state index in [1.807, 2.05) is 22.7 Å². The first kappa shape index (κ1) is 12.7. The molecule has 106 valence electrons. The standard InChI is InChI=1S/C13H12N6S2/c1-2-10-14-8-5-3-4-6-9(8)18(10)7-11-15-16-12-19(11)17-13(20)21-12/h3-6H,2,7H2,1H3,(H,17,20). The molecule has 0 aliphatic carbocycles. The van der Waals surface area contributed by atoms with Gasteiger partial charge < -0.3 is 4.57 Å². The molecule has 1 N–H and O–H groups in total. The van der Waals surface area contributed by atoms with E-state index in [1.54, 1.807) is 0 Å². The predicted molar refractivity (Wildman–Crippen MR) is 84.3 cm³/mol. The van der Waals surface area contributed by atoms with Crippen LogP contribution in [0.5, 0.6) is 0 Å². The molecule has 4 rings (SSSR count). The summed E-state index contributed by atoms with van der Waals surface area (Å²) in [6, 6.07) is 8.14. The second kappa shape index (κ2) is 4.74. The number of imidazole rings is 1. The fraction of sp³-hybridized carbons (Fsp3) is 0.231. The van der Waals surface area contributed by atoms with E-state index in [2.05, 4.69) is 37.8 Å². The summed E-state index contributed by atoms with van der Waals surface area (Å²) in [5.41, 5.74) is 2.12. The topological polar surface area (TPSA) is 63.8 Å². The minimum absolute atomic E-state index is 0.618. The summed E-state index contributed by atoms with van der Waals surface area (Å²) in [6.45, 7) is 2.72.